The summed E-state index contributed by atoms with van der Waals surface area (Å²) < 4.78 is 27.9. The van der Waals surface area contributed by atoms with Crippen molar-refractivity contribution in [1.82, 2.24) is 18.2 Å². The molecule has 0 fully saturated rings. The lowest BCUT2D eigenvalue weighted by Crippen LogP contribution is -2.30. The van der Waals surface area contributed by atoms with Crippen molar-refractivity contribution in [3.05, 3.63) is 71.9 Å². The Labute approximate surface area is 184 Å². The molecule has 3 aromatic rings. The highest BCUT2D eigenvalue weighted by Crippen LogP contribution is 2.26. The van der Waals surface area contributed by atoms with Crippen LogP contribution in [-0.4, -0.2) is 45.9 Å². The van der Waals surface area contributed by atoms with E-state index >= 15 is 0 Å². The average molecular weight is 443 g/mol. The number of hydrogen-bond acceptors (Lipinski definition) is 5. The molecule has 0 aliphatic rings. The largest absolute Gasteiger partial charge is 0.385 e. The zero-order valence-electron chi connectivity index (χ0n) is 18.6. The van der Waals surface area contributed by atoms with Crippen LogP contribution < -0.4 is 0 Å². The first-order valence-corrected chi connectivity index (χ1v) is 11.6. The maximum absolute atomic E-state index is 12.8. The lowest BCUT2D eigenvalue weighted by atomic mass is 9.91. The Morgan fingerprint density at radius 2 is 1.77 bits per heavy atom. The molecule has 0 saturated heterocycles. The van der Waals surface area contributed by atoms with E-state index in [1.807, 2.05) is 42.5 Å². The fourth-order valence-corrected chi connectivity index (χ4v) is 4.30. The fraction of sp³-hybridized carbons (Fsp3) is 0.391. The molecule has 2 aromatic heterocycles. The molecule has 0 aliphatic carbocycles. The van der Waals surface area contributed by atoms with E-state index in [0.717, 1.165) is 25.1 Å². The predicted octanol–water partition coefficient (Wildman–Crippen LogP) is 3.46. The Morgan fingerprint density at radius 1 is 1.10 bits per heavy atom. The molecule has 0 radical (unpaired) electrons. The van der Waals surface area contributed by atoms with E-state index in [4.69, 9.17) is 0 Å². The van der Waals surface area contributed by atoms with Crippen LogP contribution in [0, 0.1) is 5.41 Å². The van der Waals surface area contributed by atoms with Crippen LogP contribution in [0.4, 0.5) is 0 Å². The van der Waals surface area contributed by atoms with Crippen LogP contribution >= 0.6 is 0 Å². The van der Waals surface area contributed by atoms with Gasteiger partial charge in [-0.1, -0.05) is 51.1 Å². The summed E-state index contributed by atoms with van der Waals surface area (Å²) in [6.07, 6.45) is 3.04. The molecule has 1 N–H and O–H groups in total. The number of pyridine rings is 1. The van der Waals surface area contributed by atoms with Gasteiger partial charge in [0.25, 0.3) is 0 Å². The van der Waals surface area contributed by atoms with E-state index in [1.165, 1.54) is 20.3 Å². The maximum atomic E-state index is 12.8. The Balaban J connectivity index is 1.89. The summed E-state index contributed by atoms with van der Waals surface area (Å²) in [5.41, 5.74) is 3.29. The quantitative estimate of drug-likeness (QED) is 0.605. The Hall–Kier alpha value is -2.55. The predicted molar refractivity (Wildman–Crippen MR) is 122 cm³/mol. The topological polar surface area (TPSA) is 88.3 Å². The molecular weight excluding hydrogens is 412 g/mol. The van der Waals surface area contributed by atoms with Crippen LogP contribution in [-0.2, 0) is 23.1 Å². The molecule has 0 bridgehead atoms. The zero-order chi connectivity index (χ0) is 22.8. The van der Waals surface area contributed by atoms with Crippen molar-refractivity contribution < 1.29 is 13.5 Å². The van der Waals surface area contributed by atoms with E-state index in [0.29, 0.717) is 12.1 Å². The van der Waals surface area contributed by atoms with Gasteiger partial charge in [-0.15, -0.1) is 0 Å². The van der Waals surface area contributed by atoms with Crippen molar-refractivity contribution in [3.8, 4) is 11.3 Å². The van der Waals surface area contributed by atoms with Crippen molar-refractivity contribution in [1.29, 1.82) is 0 Å². The van der Waals surface area contributed by atoms with E-state index < -0.39 is 16.3 Å². The number of aliphatic hydroxyl groups is 1. The standard InChI is InChI=1S/C23H30N4O3S/c1-23(2,3)15-19-16-27(31(29,30)26(4)5)22(25-19)21(28)14-17-9-11-18(12-10-17)20-8-6-7-13-24-20/h6-13,16,21,28H,14-15H2,1-5H3. The Morgan fingerprint density at radius 3 is 2.32 bits per heavy atom. The summed E-state index contributed by atoms with van der Waals surface area (Å²) in [7, 11) is -0.876. The number of imidazole rings is 1. The minimum Gasteiger partial charge on any atom is -0.385 e. The third-order valence-electron chi connectivity index (χ3n) is 4.81. The number of aliphatic hydroxyl groups excluding tert-OH is 1. The normalized spacial score (nSPS) is 13.5. The molecule has 1 atom stereocenters. The molecule has 166 valence electrons. The van der Waals surface area contributed by atoms with Gasteiger partial charge in [0.2, 0.25) is 0 Å². The highest BCUT2D eigenvalue weighted by Gasteiger charge is 2.27. The minimum absolute atomic E-state index is 0.0649. The Kier molecular flexibility index (Phi) is 6.64. The van der Waals surface area contributed by atoms with Gasteiger partial charge in [-0.25, -0.2) is 8.96 Å². The third-order valence-corrected chi connectivity index (χ3v) is 6.53. The molecule has 0 saturated carbocycles. The van der Waals surface area contributed by atoms with Gasteiger partial charge in [-0.2, -0.15) is 12.7 Å². The van der Waals surface area contributed by atoms with Gasteiger partial charge in [0.05, 0.1) is 11.4 Å². The van der Waals surface area contributed by atoms with Crippen molar-refractivity contribution in [2.75, 3.05) is 14.1 Å². The molecule has 2 heterocycles. The summed E-state index contributed by atoms with van der Waals surface area (Å²) in [6, 6.07) is 13.4. The lowest BCUT2D eigenvalue weighted by molar-refractivity contribution is 0.167. The first kappa shape index (κ1) is 23.1. The van der Waals surface area contributed by atoms with Gasteiger partial charge in [-0.3, -0.25) is 4.98 Å². The first-order valence-electron chi connectivity index (χ1n) is 10.2. The summed E-state index contributed by atoms with van der Waals surface area (Å²) >= 11 is 0. The van der Waals surface area contributed by atoms with Gasteiger partial charge >= 0.3 is 10.2 Å². The van der Waals surface area contributed by atoms with Crippen LogP contribution in [0.5, 0.6) is 0 Å². The molecule has 3 rings (SSSR count). The Bertz CT molecular complexity index is 1120. The SMILES string of the molecule is CN(C)S(=O)(=O)n1cc(CC(C)(C)C)nc1C(O)Cc1ccc(-c2ccccn2)cc1. The van der Waals surface area contributed by atoms with Crippen molar-refractivity contribution in [2.24, 2.45) is 5.41 Å². The number of rotatable bonds is 7. The summed E-state index contributed by atoms with van der Waals surface area (Å²) in [5.74, 6) is 0.127. The molecule has 7 nitrogen and oxygen atoms in total. The van der Waals surface area contributed by atoms with Crippen molar-refractivity contribution in [2.45, 2.75) is 39.7 Å². The minimum atomic E-state index is -3.80. The molecule has 1 aromatic carbocycles. The van der Waals surface area contributed by atoms with Crippen LogP contribution in [0.2, 0.25) is 0 Å². The highest BCUT2D eigenvalue weighted by atomic mass is 32.2. The van der Waals surface area contributed by atoms with E-state index in [2.05, 4.69) is 30.7 Å². The van der Waals surface area contributed by atoms with Crippen LogP contribution in [0.1, 0.15) is 44.0 Å². The van der Waals surface area contributed by atoms with Gasteiger partial charge in [0.15, 0.2) is 5.82 Å². The highest BCUT2D eigenvalue weighted by molar-refractivity contribution is 7.87. The summed E-state index contributed by atoms with van der Waals surface area (Å²) in [4.78, 5) is 8.84. The van der Waals surface area contributed by atoms with Gasteiger partial charge in [0, 0.05) is 38.5 Å². The summed E-state index contributed by atoms with van der Waals surface area (Å²) in [5, 5.41) is 10.9. The smallest absolute Gasteiger partial charge is 0.308 e. The average Bonchev–Trinajstić information content (AvgIpc) is 3.12. The molecule has 0 spiro atoms. The third kappa shape index (κ3) is 5.58. The molecule has 8 heteroatoms. The maximum Gasteiger partial charge on any atom is 0.308 e. The monoisotopic (exact) mass is 442 g/mol. The van der Waals surface area contributed by atoms with Gasteiger partial charge < -0.3 is 5.11 Å². The van der Waals surface area contributed by atoms with Gasteiger partial charge in [-0.05, 0) is 29.5 Å². The second kappa shape index (κ2) is 8.90. The second-order valence-electron chi connectivity index (χ2n) is 9.05. The van der Waals surface area contributed by atoms with Crippen LogP contribution in [0.15, 0.2) is 54.9 Å². The second-order valence-corrected chi connectivity index (χ2v) is 11.1. The number of aromatic nitrogens is 3. The van der Waals surface area contributed by atoms with E-state index in [1.54, 1.807) is 6.20 Å². The lowest BCUT2D eigenvalue weighted by Gasteiger charge is -2.17. The van der Waals surface area contributed by atoms with E-state index in [-0.39, 0.29) is 17.7 Å². The van der Waals surface area contributed by atoms with Crippen molar-refractivity contribution in [3.63, 3.8) is 0 Å². The molecule has 31 heavy (non-hydrogen) atoms. The number of nitrogens with zero attached hydrogens (tertiary/aromatic N) is 4. The first-order chi connectivity index (χ1) is 14.5. The van der Waals surface area contributed by atoms with E-state index in [9.17, 15) is 13.5 Å². The fourth-order valence-electron chi connectivity index (χ4n) is 3.30. The molecule has 0 aliphatic heterocycles. The van der Waals surface area contributed by atoms with Crippen molar-refractivity contribution >= 4 is 10.2 Å². The summed E-state index contributed by atoms with van der Waals surface area (Å²) in [6.45, 7) is 6.18. The molecular formula is C23H30N4O3S. The number of benzene rings is 1. The number of hydrogen-bond donors (Lipinski definition) is 1. The van der Waals surface area contributed by atoms with Crippen LogP contribution in [0.25, 0.3) is 11.3 Å². The van der Waals surface area contributed by atoms with Gasteiger partial charge in [0.1, 0.15) is 6.10 Å². The molecule has 0 amide bonds. The molecule has 1 unspecified atom stereocenters. The zero-order valence-corrected chi connectivity index (χ0v) is 19.5. The van der Waals surface area contributed by atoms with Crippen LogP contribution in [0.3, 0.4) is 0 Å².